The molecule has 0 heterocycles. The minimum Gasteiger partial charge on any atom is -0.461 e. The maximum absolute atomic E-state index is 13.3. The topological polar surface area (TPSA) is 198 Å². The number of amides is 6. The number of nitrogens with two attached hydrogens (primary N) is 1. The average Bonchev–Trinajstić information content (AvgIpc) is 3.01. The van der Waals surface area contributed by atoms with Gasteiger partial charge < -0.3 is 37.1 Å². The Morgan fingerprint density at radius 3 is 2.02 bits per heavy atom. The Hall–Kier alpha value is -3.68. The van der Waals surface area contributed by atoms with Crippen molar-refractivity contribution < 1.29 is 33.5 Å². The molecule has 46 heavy (non-hydrogen) atoms. The molecule has 0 saturated heterocycles. The van der Waals surface area contributed by atoms with Crippen molar-refractivity contribution in [3.63, 3.8) is 0 Å². The number of carbonyl (C=O) groups is 6. The highest BCUT2D eigenvalue weighted by molar-refractivity contribution is 9.09. The minimum absolute atomic E-state index is 0.0935. The Kier molecular flexibility index (Phi) is 19.3. The number of alkyl halides is 1. The van der Waals surface area contributed by atoms with Gasteiger partial charge in [0.1, 0.15) is 18.7 Å². The number of urea groups is 1. The van der Waals surface area contributed by atoms with E-state index in [-0.39, 0.29) is 66.9 Å². The standard InChI is InChI=1S/C32H51BrN6O7/c1-20(2)22(5)31(44)46-19-23-12-14-24(15-13-23)37-29(42)25(10-9-17-36-32(34)45)38-30(43)28(21(3)4)39-26(40)11-7-6-8-16-35-27(41)18-33/h12-15,20-22,25,28H,6-11,16-19H2,1-5H3,(H,35,41)(H,37,42)(H,38,43)(H,39,40)(H3,34,36,45)/t22?,25-,28?/m0/s1. The van der Waals surface area contributed by atoms with Gasteiger partial charge in [0.15, 0.2) is 0 Å². The van der Waals surface area contributed by atoms with E-state index in [1.807, 2.05) is 20.8 Å². The highest BCUT2D eigenvalue weighted by Crippen LogP contribution is 2.15. The van der Waals surface area contributed by atoms with Gasteiger partial charge in [-0.1, -0.05) is 69.1 Å². The Morgan fingerprint density at radius 2 is 1.43 bits per heavy atom. The largest absolute Gasteiger partial charge is 0.461 e. The van der Waals surface area contributed by atoms with Crippen molar-refractivity contribution in [3.05, 3.63) is 29.8 Å². The Labute approximate surface area is 280 Å². The monoisotopic (exact) mass is 710 g/mol. The second-order valence-corrected chi connectivity index (χ2v) is 12.5. The van der Waals surface area contributed by atoms with Crippen molar-refractivity contribution in [2.45, 2.75) is 91.8 Å². The molecule has 1 aromatic carbocycles. The zero-order chi connectivity index (χ0) is 34.6. The fraction of sp³-hybridized carbons (Fsp3) is 0.625. The molecular weight excluding hydrogens is 660 g/mol. The number of hydrogen-bond donors (Lipinski definition) is 6. The van der Waals surface area contributed by atoms with Crippen molar-refractivity contribution in [1.82, 2.24) is 21.3 Å². The SMILES string of the molecule is CC(C)C(C)C(=O)OCc1ccc(NC(=O)[C@H](CCCNC(N)=O)NC(=O)C(NC(=O)CCCCCNC(=O)CBr)C(C)C)cc1. The van der Waals surface area contributed by atoms with Gasteiger partial charge in [0.2, 0.25) is 23.6 Å². The van der Waals surface area contributed by atoms with Crippen LogP contribution in [-0.4, -0.2) is 66.1 Å². The van der Waals surface area contributed by atoms with Crippen LogP contribution in [0.2, 0.25) is 0 Å². The van der Waals surface area contributed by atoms with Crippen LogP contribution in [0, 0.1) is 17.8 Å². The smallest absolute Gasteiger partial charge is 0.312 e. The maximum Gasteiger partial charge on any atom is 0.312 e. The zero-order valence-corrected chi connectivity index (χ0v) is 29.2. The molecule has 1 rings (SSSR count). The molecule has 0 aliphatic carbocycles. The molecule has 0 spiro atoms. The molecule has 258 valence electrons. The summed E-state index contributed by atoms with van der Waals surface area (Å²) in [7, 11) is 0. The molecule has 0 fully saturated rings. The predicted octanol–water partition coefficient (Wildman–Crippen LogP) is 3.11. The lowest BCUT2D eigenvalue weighted by Gasteiger charge is -2.25. The van der Waals surface area contributed by atoms with Gasteiger partial charge in [-0.15, -0.1) is 0 Å². The third kappa shape index (κ3) is 16.6. The highest BCUT2D eigenvalue weighted by atomic mass is 79.9. The molecule has 3 atom stereocenters. The summed E-state index contributed by atoms with van der Waals surface area (Å²) in [6.07, 6.45) is 2.84. The molecule has 1 aromatic rings. The van der Waals surface area contributed by atoms with E-state index in [1.54, 1.807) is 38.1 Å². The van der Waals surface area contributed by atoms with Crippen LogP contribution < -0.4 is 32.3 Å². The lowest BCUT2D eigenvalue weighted by Crippen LogP contribution is -2.54. The molecule has 6 amide bonds. The highest BCUT2D eigenvalue weighted by Gasteiger charge is 2.29. The third-order valence-electron chi connectivity index (χ3n) is 7.37. The summed E-state index contributed by atoms with van der Waals surface area (Å²) in [6.45, 7) is 10.2. The Morgan fingerprint density at radius 1 is 0.783 bits per heavy atom. The summed E-state index contributed by atoms with van der Waals surface area (Å²) in [6, 6.07) is 4.29. The van der Waals surface area contributed by atoms with Gasteiger partial charge in [-0.2, -0.15) is 0 Å². The molecule has 0 aliphatic rings. The number of benzene rings is 1. The average molecular weight is 712 g/mol. The number of nitrogens with one attached hydrogen (secondary N) is 5. The number of carbonyl (C=O) groups excluding carboxylic acids is 6. The fourth-order valence-corrected chi connectivity index (χ4v) is 4.36. The van der Waals surface area contributed by atoms with E-state index in [0.29, 0.717) is 25.1 Å². The number of rotatable bonds is 21. The zero-order valence-electron chi connectivity index (χ0n) is 27.6. The predicted molar refractivity (Wildman–Crippen MR) is 180 cm³/mol. The van der Waals surface area contributed by atoms with E-state index in [4.69, 9.17) is 10.5 Å². The van der Waals surface area contributed by atoms with Crippen LogP contribution in [0.3, 0.4) is 0 Å². The van der Waals surface area contributed by atoms with Crippen LogP contribution in [0.5, 0.6) is 0 Å². The Balaban J connectivity index is 2.80. The van der Waals surface area contributed by atoms with Crippen molar-refractivity contribution in [2.24, 2.45) is 23.5 Å². The van der Waals surface area contributed by atoms with Crippen LogP contribution in [0.4, 0.5) is 10.5 Å². The summed E-state index contributed by atoms with van der Waals surface area (Å²) in [4.78, 5) is 73.8. The number of anilines is 1. The van der Waals surface area contributed by atoms with Gasteiger partial charge in [0.05, 0.1) is 11.2 Å². The lowest BCUT2D eigenvalue weighted by molar-refractivity contribution is -0.150. The van der Waals surface area contributed by atoms with Gasteiger partial charge in [-0.05, 0) is 55.2 Å². The van der Waals surface area contributed by atoms with Gasteiger partial charge in [0, 0.05) is 25.2 Å². The summed E-state index contributed by atoms with van der Waals surface area (Å²) >= 11 is 3.09. The van der Waals surface area contributed by atoms with Crippen LogP contribution >= 0.6 is 15.9 Å². The first-order valence-electron chi connectivity index (χ1n) is 15.8. The quantitative estimate of drug-likeness (QED) is 0.0640. The van der Waals surface area contributed by atoms with Gasteiger partial charge >= 0.3 is 12.0 Å². The lowest BCUT2D eigenvalue weighted by atomic mass is 9.99. The second kappa shape index (κ2) is 22.0. The van der Waals surface area contributed by atoms with E-state index in [9.17, 15) is 28.8 Å². The van der Waals surface area contributed by atoms with Gasteiger partial charge in [-0.25, -0.2) is 4.79 Å². The third-order valence-corrected chi connectivity index (χ3v) is 7.88. The molecule has 7 N–H and O–H groups in total. The summed E-state index contributed by atoms with van der Waals surface area (Å²) < 4.78 is 5.39. The molecule has 2 unspecified atom stereocenters. The summed E-state index contributed by atoms with van der Waals surface area (Å²) in [5, 5.41) is 13.8. The van der Waals surface area contributed by atoms with Crippen LogP contribution in [0.1, 0.15) is 78.7 Å². The molecule has 0 aromatic heterocycles. The molecule has 0 radical (unpaired) electrons. The van der Waals surface area contributed by atoms with Crippen molar-refractivity contribution in [3.8, 4) is 0 Å². The molecular formula is C32H51BrN6O7. The van der Waals surface area contributed by atoms with Crippen LogP contribution in [0.15, 0.2) is 24.3 Å². The summed E-state index contributed by atoms with van der Waals surface area (Å²) in [5.41, 5.74) is 6.37. The van der Waals surface area contributed by atoms with Gasteiger partial charge in [-0.3, -0.25) is 24.0 Å². The second-order valence-electron chi connectivity index (χ2n) is 11.9. The first-order valence-corrected chi connectivity index (χ1v) is 16.9. The molecule has 0 bridgehead atoms. The number of primary amides is 1. The number of unbranched alkanes of at least 4 members (excludes halogenated alkanes) is 2. The number of halogens is 1. The van der Waals surface area contributed by atoms with E-state index in [0.717, 1.165) is 18.4 Å². The number of hydrogen-bond acceptors (Lipinski definition) is 7. The fourth-order valence-electron chi connectivity index (χ4n) is 4.16. The van der Waals surface area contributed by atoms with E-state index >= 15 is 0 Å². The number of esters is 1. The number of ether oxygens (including phenoxy) is 1. The van der Waals surface area contributed by atoms with Crippen molar-refractivity contribution in [2.75, 3.05) is 23.7 Å². The van der Waals surface area contributed by atoms with E-state index < -0.39 is 29.9 Å². The van der Waals surface area contributed by atoms with Gasteiger partial charge in [0.25, 0.3) is 0 Å². The van der Waals surface area contributed by atoms with E-state index in [1.165, 1.54) is 0 Å². The van der Waals surface area contributed by atoms with Crippen molar-refractivity contribution in [1.29, 1.82) is 0 Å². The summed E-state index contributed by atoms with van der Waals surface area (Å²) in [5.74, 6) is -1.94. The molecule has 14 heteroatoms. The maximum atomic E-state index is 13.3. The minimum atomic E-state index is -0.965. The first kappa shape index (κ1) is 40.3. The van der Waals surface area contributed by atoms with Crippen molar-refractivity contribution >= 4 is 57.2 Å². The van der Waals surface area contributed by atoms with E-state index in [2.05, 4.69) is 42.5 Å². The van der Waals surface area contributed by atoms with Crippen LogP contribution in [0.25, 0.3) is 0 Å². The molecule has 0 aliphatic heterocycles. The first-order chi connectivity index (χ1) is 21.7. The molecule has 13 nitrogen and oxygen atoms in total. The normalized spacial score (nSPS) is 12.9. The van der Waals surface area contributed by atoms with Crippen LogP contribution in [-0.2, 0) is 35.3 Å². The Bertz CT molecular complexity index is 1150. The molecule has 0 saturated carbocycles.